The molecule has 0 aliphatic carbocycles. The summed E-state index contributed by atoms with van der Waals surface area (Å²) in [6.45, 7) is 25.5. The molecule has 2 nitrogen and oxygen atoms in total. The zero-order valence-corrected chi connectivity index (χ0v) is 35.4. The number of rotatable bonds is 4. The van der Waals surface area contributed by atoms with E-state index < -0.39 is 0 Å². The van der Waals surface area contributed by atoms with Crippen molar-refractivity contribution in [2.45, 2.75) is 81.6 Å². The van der Waals surface area contributed by atoms with Gasteiger partial charge in [0, 0.05) is 17.1 Å². The minimum absolute atomic E-state index is 0.00477. The number of aliphatic imine (C=N–C) groups is 1. The van der Waals surface area contributed by atoms with Crippen molar-refractivity contribution in [2.75, 3.05) is 0 Å². The summed E-state index contributed by atoms with van der Waals surface area (Å²) >= 11 is 0. The van der Waals surface area contributed by atoms with Crippen molar-refractivity contribution < 1.29 is 0 Å². The van der Waals surface area contributed by atoms with Gasteiger partial charge in [-0.2, -0.15) is 0 Å². The van der Waals surface area contributed by atoms with Gasteiger partial charge in [-0.05, 0) is 149 Å². The zero-order valence-electron chi connectivity index (χ0n) is 35.4. The van der Waals surface area contributed by atoms with E-state index in [1.54, 1.807) is 0 Å². The molecule has 0 saturated carbocycles. The van der Waals surface area contributed by atoms with E-state index in [2.05, 4.69) is 190 Å². The van der Waals surface area contributed by atoms with Crippen molar-refractivity contribution in [3.8, 4) is 0 Å². The predicted octanol–water partition coefficient (Wildman–Crippen LogP) is 13.4. The van der Waals surface area contributed by atoms with Gasteiger partial charge in [-0.15, -0.1) is 0 Å². The summed E-state index contributed by atoms with van der Waals surface area (Å²) in [6.07, 6.45) is 0. The largest absolute Gasteiger partial charge is 0.380 e. The van der Waals surface area contributed by atoms with Crippen LogP contribution in [0.2, 0.25) is 0 Å². The van der Waals surface area contributed by atoms with Crippen LogP contribution in [0.4, 0.5) is 0 Å². The first-order valence-corrected chi connectivity index (χ1v) is 20.7. The van der Waals surface area contributed by atoms with Crippen LogP contribution in [0.1, 0.15) is 84.8 Å². The van der Waals surface area contributed by atoms with Gasteiger partial charge >= 0.3 is 6.85 Å². The van der Waals surface area contributed by atoms with Crippen molar-refractivity contribution in [2.24, 2.45) is 10.4 Å². The van der Waals surface area contributed by atoms with Crippen molar-refractivity contribution in [1.29, 1.82) is 0 Å². The van der Waals surface area contributed by atoms with Gasteiger partial charge in [-0.1, -0.05) is 151 Å². The first kappa shape index (κ1) is 35.7. The maximum Gasteiger partial charge on any atom is 0.329 e. The lowest BCUT2D eigenvalue weighted by Gasteiger charge is -2.27. The van der Waals surface area contributed by atoms with Crippen LogP contribution in [0, 0.1) is 19.3 Å². The average Bonchev–Trinajstić information content (AvgIpc) is 3.63. The number of hydrogen-bond donors (Lipinski definition) is 0. The van der Waals surface area contributed by atoms with Crippen LogP contribution in [0.5, 0.6) is 0 Å². The van der Waals surface area contributed by atoms with E-state index in [4.69, 9.17) is 4.99 Å². The Labute approximate surface area is 337 Å². The highest BCUT2D eigenvalue weighted by atomic mass is 14.9. The lowest BCUT2D eigenvalue weighted by atomic mass is 9.48. The molecule has 0 bridgehead atoms. The molecule has 8 aromatic carbocycles. The number of nitrogens with zero attached hydrogens (tertiary/aromatic N) is 2. The van der Waals surface area contributed by atoms with Crippen LogP contribution in [0.25, 0.3) is 70.2 Å². The van der Waals surface area contributed by atoms with E-state index in [-0.39, 0.29) is 17.7 Å². The molecule has 0 amide bonds. The SMILES string of the molecule is CC1=N/C(=C(/C)c2c(C)c(C(C)(C)C)c(C)n2B(c2ccc3ccc4cccc5ccc2c3c45)c2ccc3ccc4cccc5ccc2c3c45)C(C)=C1C(C)(C)C. The average molecular weight is 739 g/mol. The summed E-state index contributed by atoms with van der Waals surface area (Å²) in [6, 6.07) is 41.7. The molecule has 0 fully saturated rings. The Hall–Kier alpha value is -5.67. The Morgan fingerprint density at radius 2 is 0.947 bits per heavy atom. The first-order chi connectivity index (χ1) is 27.1. The number of allylic oxidation sites excluding steroid dienone is 3. The molecule has 0 radical (unpaired) electrons. The van der Waals surface area contributed by atoms with Gasteiger partial charge in [0.05, 0.1) is 5.70 Å². The van der Waals surface area contributed by atoms with Crippen LogP contribution in [-0.2, 0) is 5.41 Å². The summed E-state index contributed by atoms with van der Waals surface area (Å²) in [7, 11) is 0. The van der Waals surface area contributed by atoms with Gasteiger partial charge in [0.2, 0.25) is 0 Å². The molecule has 1 aliphatic heterocycles. The minimum Gasteiger partial charge on any atom is -0.380 e. The molecule has 0 spiro atoms. The molecular weight excluding hydrogens is 687 g/mol. The molecule has 57 heavy (non-hydrogen) atoms. The van der Waals surface area contributed by atoms with Gasteiger partial charge in [0.1, 0.15) is 0 Å². The molecule has 280 valence electrons. The Bertz CT molecular complexity index is 3060. The van der Waals surface area contributed by atoms with Crippen molar-refractivity contribution in [3.63, 3.8) is 0 Å². The van der Waals surface area contributed by atoms with Crippen molar-refractivity contribution >= 4 is 93.7 Å². The number of aromatic nitrogens is 1. The smallest absolute Gasteiger partial charge is 0.329 e. The van der Waals surface area contributed by atoms with Crippen LogP contribution >= 0.6 is 0 Å². The Morgan fingerprint density at radius 1 is 0.526 bits per heavy atom. The predicted molar refractivity (Wildman–Crippen MR) is 251 cm³/mol. The van der Waals surface area contributed by atoms with E-state index in [0.717, 1.165) is 11.4 Å². The lowest BCUT2D eigenvalue weighted by molar-refractivity contribution is 0.522. The third kappa shape index (κ3) is 5.07. The second-order valence-corrected chi connectivity index (χ2v) is 18.9. The molecule has 0 unspecified atom stereocenters. The fourth-order valence-corrected chi connectivity index (χ4v) is 11.5. The fraction of sp³-hybridized carbons (Fsp3) is 0.241. The normalized spacial score (nSPS) is 15.2. The lowest BCUT2D eigenvalue weighted by Crippen LogP contribution is -2.50. The van der Waals surface area contributed by atoms with E-state index >= 15 is 0 Å². The number of hydrogen-bond acceptors (Lipinski definition) is 1. The van der Waals surface area contributed by atoms with E-state index in [0.29, 0.717) is 0 Å². The maximum atomic E-state index is 5.40. The van der Waals surface area contributed by atoms with E-state index in [1.807, 2.05) is 0 Å². The molecule has 0 N–H and O–H groups in total. The Morgan fingerprint density at radius 3 is 1.37 bits per heavy atom. The summed E-state index contributed by atoms with van der Waals surface area (Å²) in [5, 5.41) is 15.8. The monoisotopic (exact) mass is 738 g/mol. The molecule has 2 heterocycles. The maximum absolute atomic E-state index is 5.40. The molecule has 1 aromatic heterocycles. The molecular formula is C54H51BN2. The number of benzene rings is 8. The van der Waals surface area contributed by atoms with Crippen LogP contribution in [0.15, 0.2) is 131 Å². The Kier molecular flexibility index (Phi) is 7.63. The quantitative estimate of drug-likeness (QED) is 0.126. The highest BCUT2D eigenvalue weighted by Crippen LogP contribution is 2.44. The molecule has 3 heteroatoms. The highest BCUT2D eigenvalue weighted by Gasteiger charge is 2.37. The van der Waals surface area contributed by atoms with Crippen molar-refractivity contribution in [3.05, 3.63) is 149 Å². The topological polar surface area (TPSA) is 17.3 Å². The van der Waals surface area contributed by atoms with Gasteiger partial charge < -0.3 is 4.48 Å². The summed E-state index contributed by atoms with van der Waals surface area (Å²) in [5.74, 6) is 0. The third-order valence-corrected chi connectivity index (χ3v) is 13.2. The second-order valence-electron chi connectivity index (χ2n) is 18.9. The summed E-state index contributed by atoms with van der Waals surface area (Å²) in [5.41, 5.74) is 14.0. The van der Waals surface area contributed by atoms with Gasteiger partial charge in [-0.3, -0.25) is 4.99 Å². The van der Waals surface area contributed by atoms with Gasteiger partial charge in [0.25, 0.3) is 0 Å². The first-order valence-electron chi connectivity index (χ1n) is 20.7. The third-order valence-electron chi connectivity index (χ3n) is 13.2. The molecule has 1 aliphatic rings. The summed E-state index contributed by atoms with van der Waals surface area (Å²) in [4.78, 5) is 5.40. The van der Waals surface area contributed by atoms with Crippen LogP contribution < -0.4 is 10.9 Å². The van der Waals surface area contributed by atoms with Gasteiger partial charge in [-0.25, -0.2) is 0 Å². The Balaban J connectivity index is 1.39. The summed E-state index contributed by atoms with van der Waals surface area (Å²) < 4.78 is 2.73. The van der Waals surface area contributed by atoms with Crippen LogP contribution in [-0.4, -0.2) is 17.0 Å². The molecule has 9 aromatic rings. The zero-order chi connectivity index (χ0) is 39.9. The molecule has 0 atom stereocenters. The fourth-order valence-electron chi connectivity index (χ4n) is 11.5. The van der Waals surface area contributed by atoms with Crippen LogP contribution in [0.3, 0.4) is 0 Å². The van der Waals surface area contributed by atoms with Gasteiger partial charge in [0.15, 0.2) is 0 Å². The van der Waals surface area contributed by atoms with E-state index in [1.165, 1.54) is 115 Å². The van der Waals surface area contributed by atoms with Crippen molar-refractivity contribution in [1.82, 2.24) is 4.48 Å². The highest BCUT2D eigenvalue weighted by molar-refractivity contribution is 6.88. The standard InChI is InChI=1S/C54H51BN2/c1-30-49(53(6,7)8)33(4)56-51(30)32(3)52-31(2)50(54(9,10)11)34(5)57(52)55(43-28-24-39-20-18-35-14-12-16-37-22-26-41(43)47(39)45(35)37)44-29-25-40-21-19-36-15-13-17-38-23-27-42(44)48(40)46(36)38/h12-29H,1-11H3/b51-32-. The molecule has 0 saturated heterocycles. The minimum atomic E-state index is -0.127. The van der Waals surface area contributed by atoms with E-state index in [9.17, 15) is 0 Å². The molecule has 10 rings (SSSR count). The second kappa shape index (κ2) is 12.2.